The van der Waals surface area contributed by atoms with Gasteiger partial charge >= 0.3 is 0 Å². The van der Waals surface area contributed by atoms with Gasteiger partial charge in [0.25, 0.3) is 11.7 Å². The van der Waals surface area contributed by atoms with Crippen LogP contribution in [0, 0.1) is 20.8 Å². The highest BCUT2D eigenvalue weighted by atomic mass is 16.5. The number of aryl methyl sites for hydroxylation is 3. The molecule has 1 N–H and O–H groups in total. The minimum Gasteiger partial charge on any atom is -0.507 e. The van der Waals surface area contributed by atoms with Crippen molar-refractivity contribution in [1.82, 2.24) is 9.88 Å². The zero-order valence-electron chi connectivity index (χ0n) is 19.1. The van der Waals surface area contributed by atoms with Crippen molar-refractivity contribution < 1.29 is 19.4 Å². The molecule has 3 aromatic rings. The number of aromatic nitrogens is 1. The highest BCUT2D eigenvalue weighted by molar-refractivity contribution is 6.46. The number of benzene rings is 2. The Morgan fingerprint density at radius 3 is 2.39 bits per heavy atom. The summed E-state index contributed by atoms with van der Waals surface area (Å²) in [5, 5.41) is 11.5. The molecule has 0 radical (unpaired) electrons. The monoisotopic (exact) mass is 442 g/mol. The number of carbonyl (C=O) groups excluding carboxylic acids is 2. The highest BCUT2D eigenvalue weighted by Gasteiger charge is 2.46. The number of aliphatic hydroxyl groups is 1. The van der Waals surface area contributed by atoms with Crippen molar-refractivity contribution in [2.75, 3.05) is 7.11 Å². The number of aliphatic hydroxyl groups excluding tert-OH is 1. The second kappa shape index (κ2) is 8.90. The summed E-state index contributed by atoms with van der Waals surface area (Å²) in [6, 6.07) is 14.2. The van der Waals surface area contributed by atoms with Crippen molar-refractivity contribution in [3.8, 4) is 5.75 Å². The van der Waals surface area contributed by atoms with Crippen molar-refractivity contribution in [2.24, 2.45) is 0 Å². The van der Waals surface area contributed by atoms with Crippen LogP contribution >= 0.6 is 0 Å². The normalized spacial score (nSPS) is 17.5. The molecule has 1 aliphatic heterocycles. The van der Waals surface area contributed by atoms with Gasteiger partial charge in [0.05, 0.1) is 24.3 Å². The Hall–Kier alpha value is -3.93. The van der Waals surface area contributed by atoms with Crippen molar-refractivity contribution in [3.63, 3.8) is 0 Å². The first-order valence-electron chi connectivity index (χ1n) is 10.7. The third-order valence-corrected chi connectivity index (χ3v) is 6.00. The number of nitrogens with zero attached hydrogens (tertiary/aromatic N) is 2. The molecule has 1 amide bonds. The van der Waals surface area contributed by atoms with Gasteiger partial charge in [0.15, 0.2) is 0 Å². The summed E-state index contributed by atoms with van der Waals surface area (Å²) < 4.78 is 5.55. The fourth-order valence-corrected chi connectivity index (χ4v) is 4.49. The van der Waals surface area contributed by atoms with Gasteiger partial charge in [-0.1, -0.05) is 30.3 Å². The smallest absolute Gasteiger partial charge is 0.295 e. The lowest BCUT2D eigenvalue weighted by Crippen LogP contribution is -2.29. The van der Waals surface area contributed by atoms with E-state index < -0.39 is 17.7 Å². The quantitative estimate of drug-likeness (QED) is 0.354. The molecule has 1 fully saturated rings. The van der Waals surface area contributed by atoms with Crippen LogP contribution in [0.1, 0.15) is 39.4 Å². The SMILES string of the molecule is COc1c(C)cc(C)cc1/C(O)=C1\C(=O)C(=O)N(Cc2ccncc2)C1c1ccccc1C. The lowest BCUT2D eigenvalue weighted by atomic mass is 9.91. The third kappa shape index (κ3) is 4.00. The van der Waals surface area contributed by atoms with Crippen LogP contribution in [0.3, 0.4) is 0 Å². The van der Waals surface area contributed by atoms with Crippen LogP contribution in [0.15, 0.2) is 66.5 Å². The molecule has 2 aromatic carbocycles. The number of methoxy groups -OCH3 is 1. The molecule has 33 heavy (non-hydrogen) atoms. The van der Waals surface area contributed by atoms with Crippen LogP contribution < -0.4 is 4.74 Å². The van der Waals surface area contributed by atoms with E-state index in [9.17, 15) is 14.7 Å². The minimum atomic E-state index is -0.732. The number of Topliss-reactive ketones (excluding diaryl/α,β-unsaturated/α-hetero) is 1. The molecule has 2 heterocycles. The van der Waals surface area contributed by atoms with E-state index in [-0.39, 0.29) is 17.9 Å². The lowest BCUT2D eigenvalue weighted by molar-refractivity contribution is -0.140. The Balaban J connectivity index is 1.95. The standard InChI is InChI=1S/C27H26N2O4/c1-16-13-18(3)26(33-4)21(14-16)24(30)22-23(20-8-6-5-7-17(20)2)29(27(32)25(22)31)15-19-9-11-28-12-10-19/h5-14,23,30H,15H2,1-4H3/b24-22+. The summed E-state index contributed by atoms with van der Waals surface area (Å²) in [7, 11) is 1.52. The molecule has 0 aliphatic carbocycles. The van der Waals surface area contributed by atoms with Crippen LogP contribution in [-0.4, -0.2) is 33.8 Å². The van der Waals surface area contributed by atoms with Crippen LogP contribution in [0.4, 0.5) is 0 Å². The fourth-order valence-electron chi connectivity index (χ4n) is 4.49. The summed E-state index contributed by atoms with van der Waals surface area (Å²) in [6.45, 7) is 5.93. The van der Waals surface area contributed by atoms with E-state index in [1.165, 1.54) is 12.0 Å². The second-order valence-corrected chi connectivity index (χ2v) is 8.30. The number of likely N-dealkylation sites (tertiary alicyclic amines) is 1. The summed E-state index contributed by atoms with van der Waals surface area (Å²) in [5.74, 6) is -1.12. The molecule has 4 rings (SSSR count). The summed E-state index contributed by atoms with van der Waals surface area (Å²) in [4.78, 5) is 32.1. The molecule has 1 aromatic heterocycles. The van der Waals surface area contributed by atoms with E-state index in [1.54, 1.807) is 30.6 Å². The van der Waals surface area contributed by atoms with Crippen molar-refractivity contribution in [2.45, 2.75) is 33.4 Å². The predicted molar refractivity (Wildman–Crippen MR) is 126 cm³/mol. The van der Waals surface area contributed by atoms with Gasteiger partial charge in [-0.3, -0.25) is 14.6 Å². The maximum Gasteiger partial charge on any atom is 0.295 e. The van der Waals surface area contributed by atoms with Gasteiger partial charge in [-0.25, -0.2) is 0 Å². The number of hydrogen-bond donors (Lipinski definition) is 1. The van der Waals surface area contributed by atoms with Gasteiger partial charge in [-0.05, 0) is 66.8 Å². The van der Waals surface area contributed by atoms with Gasteiger partial charge in [-0.15, -0.1) is 0 Å². The van der Waals surface area contributed by atoms with Crippen LogP contribution in [-0.2, 0) is 16.1 Å². The number of ketones is 1. The van der Waals surface area contributed by atoms with Crippen LogP contribution in [0.5, 0.6) is 5.75 Å². The predicted octanol–water partition coefficient (Wildman–Crippen LogP) is 4.64. The van der Waals surface area contributed by atoms with Crippen molar-refractivity contribution >= 4 is 17.4 Å². The first kappa shape index (κ1) is 22.3. The molecular formula is C27H26N2O4. The Morgan fingerprint density at radius 1 is 1.03 bits per heavy atom. The lowest BCUT2D eigenvalue weighted by Gasteiger charge is -2.27. The van der Waals surface area contributed by atoms with E-state index in [0.717, 1.165) is 27.8 Å². The van der Waals surface area contributed by atoms with Gasteiger partial charge < -0.3 is 14.7 Å². The van der Waals surface area contributed by atoms with E-state index in [4.69, 9.17) is 4.74 Å². The van der Waals surface area contributed by atoms with E-state index in [1.807, 2.05) is 51.1 Å². The number of carbonyl (C=O) groups is 2. The van der Waals surface area contributed by atoms with Gasteiger partial charge in [0.2, 0.25) is 0 Å². The largest absolute Gasteiger partial charge is 0.507 e. The van der Waals surface area contributed by atoms with Gasteiger partial charge in [0, 0.05) is 18.9 Å². The average Bonchev–Trinajstić information content (AvgIpc) is 3.04. The molecule has 1 saturated heterocycles. The zero-order chi connectivity index (χ0) is 23.7. The van der Waals surface area contributed by atoms with Crippen LogP contribution in [0.25, 0.3) is 5.76 Å². The molecule has 6 heteroatoms. The Labute approximate surface area is 193 Å². The molecule has 6 nitrogen and oxygen atoms in total. The fraction of sp³-hybridized carbons (Fsp3) is 0.222. The Kier molecular flexibility index (Phi) is 6.01. The summed E-state index contributed by atoms with van der Waals surface area (Å²) in [5.41, 5.74) is 4.75. The number of pyridine rings is 1. The first-order valence-corrected chi connectivity index (χ1v) is 10.7. The summed E-state index contributed by atoms with van der Waals surface area (Å²) in [6.07, 6.45) is 3.30. The maximum atomic E-state index is 13.3. The number of rotatable bonds is 5. The topological polar surface area (TPSA) is 79.7 Å². The Bertz CT molecular complexity index is 1260. The molecule has 1 unspecified atom stereocenters. The van der Waals surface area contributed by atoms with E-state index in [0.29, 0.717) is 11.3 Å². The van der Waals surface area contributed by atoms with Gasteiger partial charge in [-0.2, -0.15) is 0 Å². The molecule has 1 aliphatic rings. The molecule has 1 atom stereocenters. The number of ether oxygens (including phenoxy) is 1. The van der Waals surface area contributed by atoms with Crippen molar-refractivity contribution in [3.05, 3.63) is 99.9 Å². The average molecular weight is 443 g/mol. The Morgan fingerprint density at radius 2 is 1.73 bits per heavy atom. The van der Waals surface area contributed by atoms with Crippen LogP contribution in [0.2, 0.25) is 0 Å². The molecule has 0 bridgehead atoms. The third-order valence-electron chi connectivity index (χ3n) is 6.00. The molecule has 0 saturated carbocycles. The number of hydrogen-bond acceptors (Lipinski definition) is 5. The molecular weight excluding hydrogens is 416 g/mol. The van der Waals surface area contributed by atoms with E-state index >= 15 is 0 Å². The maximum absolute atomic E-state index is 13.3. The van der Waals surface area contributed by atoms with Gasteiger partial charge in [0.1, 0.15) is 11.5 Å². The zero-order valence-corrected chi connectivity index (χ0v) is 19.1. The van der Waals surface area contributed by atoms with E-state index in [2.05, 4.69) is 4.98 Å². The van der Waals surface area contributed by atoms with Crippen molar-refractivity contribution in [1.29, 1.82) is 0 Å². The second-order valence-electron chi connectivity index (χ2n) is 8.30. The molecule has 168 valence electrons. The summed E-state index contributed by atoms with van der Waals surface area (Å²) >= 11 is 0. The highest BCUT2D eigenvalue weighted by Crippen LogP contribution is 2.43. The first-order chi connectivity index (χ1) is 15.8. The number of amides is 1. The minimum absolute atomic E-state index is 0.0617. The molecule has 0 spiro atoms.